The summed E-state index contributed by atoms with van der Waals surface area (Å²) in [6.45, 7) is 2.28. The fourth-order valence-electron chi connectivity index (χ4n) is 3.50. The van der Waals surface area contributed by atoms with Gasteiger partial charge in [-0.3, -0.25) is 0 Å². The van der Waals surface area contributed by atoms with E-state index in [1.165, 1.54) is 30.5 Å². The monoisotopic (exact) mass is 392 g/mol. The molecule has 0 nitrogen and oxygen atoms in total. The second-order valence-electron chi connectivity index (χ2n) is 5.28. The van der Waals surface area contributed by atoms with Crippen molar-refractivity contribution < 1.29 is 58.9 Å². The van der Waals surface area contributed by atoms with Crippen molar-refractivity contribution in [2.75, 3.05) is 0 Å². The third-order valence-electron chi connectivity index (χ3n) is 4.33. The van der Waals surface area contributed by atoms with Crippen LogP contribution in [0.25, 0.3) is 0 Å². The van der Waals surface area contributed by atoms with Gasteiger partial charge < -0.3 is 37.2 Å². The van der Waals surface area contributed by atoms with Gasteiger partial charge in [0.15, 0.2) is 0 Å². The molecule has 0 spiro atoms. The van der Waals surface area contributed by atoms with Crippen LogP contribution < -0.4 is 47.6 Å². The van der Waals surface area contributed by atoms with E-state index in [9.17, 15) is 0 Å². The Morgan fingerprint density at radius 3 is 1.90 bits per heavy atom. The minimum absolute atomic E-state index is 0. The number of hydrogen-bond donors (Lipinski definition) is 0. The second kappa shape index (κ2) is 10.2. The van der Waals surface area contributed by atoms with Gasteiger partial charge in [0.05, 0.1) is 8.07 Å². The normalized spacial score (nSPS) is 14.9. The van der Waals surface area contributed by atoms with Crippen molar-refractivity contribution in [2.45, 2.75) is 31.9 Å². The van der Waals surface area contributed by atoms with Crippen molar-refractivity contribution in [1.29, 1.82) is 0 Å². The van der Waals surface area contributed by atoms with Crippen molar-refractivity contribution >= 4 is 18.4 Å². The number of aryl methyl sites for hydroxylation is 1. The molecular formula is C16H19Cl3SiTi. The third-order valence-corrected chi connectivity index (χ3v) is 9.78. The van der Waals surface area contributed by atoms with Gasteiger partial charge in [-0.15, -0.1) is 0 Å². The Bertz CT molecular complexity index is 507. The first-order valence-electron chi connectivity index (χ1n) is 6.61. The predicted octanol–water partition coefficient (Wildman–Crippen LogP) is -5.92. The van der Waals surface area contributed by atoms with Crippen LogP contribution in [-0.4, -0.2) is 8.07 Å². The topological polar surface area (TPSA) is 0 Å². The van der Waals surface area contributed by atoms with E-state index in [-0.39, 0.29) is 58.9 Å². The average Bonchev–Trinajstić information content (AvgIpc) is 2.99. The van der Waals surface area contributed by atoms with Crippen LogP contribution in [0.15, 0.2) is 48.5 Å². The number of halogens is 3. The molecule has 2 aromatic rings. The molecular weight excluding hydrogens is 374 g/mol. The van der Waals surface area contributed by atoms with Crippen LogP contribution in [0.4, 0.5) is 0 Å². The minimum atomic E-state index is -1.38. The van der Waals surface area contributed by atoms with Gasteiger partial charge in [0.1, 0.15) is 0 Å². The molecule has 0 saturated carbocycles. The molecule has 1 fully saturated rings. The molecule has 1 aliphatic heterocycles. The van der Waals surface area contributed by atoms with Crippen LogP contribution in [0.3, 0.4) is 0 Å². The Balaban J connectivity index is 0. The van der Waals surface area contributed by atoms with E-state index in [1.807, 2.05) is 0 Å². The molecule has 5 heteroatoms. The van der Waals surface area contributed by atoms with Crippen molar-refractivity contribution in [3.05, 3.63) is 54.1 Å². The summed E-state index contributed by atoms with van der Waals surface area (Å²) in [7, 11) is -1.38. The molecule has 0 bridgehead atoms. The summed E-state index contributed by atoms with van der Waals surface area (Å²) < 4.78 is 0. The first-order valence-corrected chi connectivity index (χ1v) is 9.03. The van der Waals surface area contributed by atoms with Crippen LogP contribution in [-0.2, 0) is 21.7 Å². The molecule has 0 aromatic heterocycles. The van der Waals surface area contributed by atoms with Crippen LogP contribution >= 0.6 is 0 Å². The molecule has 2 aromatic carbocycles. The molecule has 0 amide bonds. The standard InChI is InChI=1S/C16H19Si.3ClH.Ti/c1-14-8-7-11-16(14)17(12-5-6-13-17)15-9-3-2-4-10-15;;;;/h2-4,7-11H,5-6,12-13H2,1H3;3*1H;/q-1;;;;+4/p-3. The first kappa shape index (κ1) is 23.6. The number of benzene rings is 1. The van der Waals surface area contributed by atoms with E-state index in [1.54, 1.807) is 10.4 Å². The van der Waals surface area contributed by atoms with Crippen molar-refractivity contribution in [3.63, 3.8) is 0 Å². The van der Waals surface area contributed by atoms with Gasteiger partial charge in [-0.05, 0) is 0 Å². The van der Waals surface area contributed by atoms with Gasteiger partial charge in [0, 0.05) is 0 Å². The summed E-state index contributed by atoms with van der Waals surface area (Å²) in [5, 5.41) is 3.34. The van der Waals surface area contributed by atoms with Crippen LogP contribution in [0.5, 0.6) is 0 Å². The Kier molecular flexibility index (Phi) is 11.5. The fourth-order valence-corrected chi connectivity index (χ4v) is 8.96. The molecule has 21 heavy (non-hydrogen) atoms. The Morgan fingerprint density at radius 1 is 0.857 bits per heavy atom. The quantitative estimate of drug-likeness (QED) is 0.352. The molecule has 1 saturated heterocycles. The largest absolute Gasteiger partial charge is 4.00 e. The summed E-state index contributed by atoms with van der Waals surface area (Å²) in [6.07, 6.45) is 2.84. The van der Waals surface area contributed by atoms with E-state index in [0.717, 1.165) is 0 Å². The van der Waals surface area contributed by atoms with Gasteiger partial charge in [-0.2, -0.15) is 16.8 Å². The summed E-state index contributed by atoms with van der Waals surface area (Å²) in [6, 6.07) is 21.1. The zero-order chi connectivity index (χ0) is 11.7. The Morgan fingerprint density at radius 2 is 1.43 bits per heavy atom. The molecule has 0 atom stereocenters. The van der Waals surface area contributed by atoms with E-state index in [0.29, 0.717) is 0 Å². The molecule has 1 heterocycles. The first-order chi connectivity index (χ1) is 8.33. The maximum Gasteiger partial charge on any atom is 4.00 e. The molecule has 112 valence electrons. The van der Waals surface area contributed by atoms with Gasteiger partial charge in [-0.25, -0.2) is 12.1 Å². The molecule has 0 unspecified atom stereocenters. The Labute approximate surface area is 162 Å². The van der Waals surface area contributed by atoms with Crippen LogP contribution in [0.2, 0.25) is 12.1 Å². The molecule has 0 aliphatic carbocycles. The molecule has 0 radical (unpaired) electrons. The Hall–Kier alpha value is 0.371. The maximum atomic E-state index is 2.39. The van der Waals surface area contributed by atoms with Crippen molar-refractivity contribution in [3.8, 4) is 0 Å². The smallest absolute Gasteiger partial charge is 1.00 e. The minimum Gasteiger partial charge on any atom is -1.00 e. The fraction of sp³-hybridized carbons (Fsp3) is 0.312. The number of rotatable bonds is 2. The van der Waals surface area contributed by atoms with Crippen LogP contribution in [0.1, 0.15) is 18.4 Å². The summed E-state index contributed by atoms with van der Waals surface area (Å²) in [4.78, 5) is 0. The van der Waals surface area contributed by atoms with E-state index in [4.69, 9.17) is 0 Å². The van der Waals surface area contributed by atoms with Crippen molar-refractivity contribution in [2.24, 2.45) is 0 Å². The van der Waals surface area contributed by atoms with Gasteiger partial charge in [0.2, 0.25) is 0 Å². The van der Waals surface area contributed by atoms with Gasteiger partial charge in [0.25, 0.3) is 0 Å². The molecule has 0 N–H and O–H groups in total. The van der Waals surface area contributed by atoms with Gasteiger partial charge >= 0.3 is 21.7 Å². The maximum absolute atomic E-state index is 2.39. The molecule has 1 aliphatic rings. The number of hydrogen-bond acceptors (Lipinski definition) is 0. The second-order valence-corrected chi connectivity index (χ2v) is 9.56. The zero-order valence-corrected chi connectivity index (χ0v) is 16.9. The SMILES string of the molecule is Cc1ccc[c-]1[Si]1(c2ccccc2)CCCC1.[Cl-].[Cl-].[Cl-].[Ti+4]. The third kappa shape index (κ3) is 4.44. The summed E-state index contributed by atoms with van der Waals surface area (Å²) >= 11 is 0. The zero-order valence-electron chi connectivity index (χ0n) is 12.1. The predicted molar refractivity (Wildman–Crippen MR) is 77.1 cm³/mol. The van der Waals surface area contributed by atoms with Crippen molar-refractivity contribution in [1.82, 2.24) is 0 Å². The van der Waals surface area contributed by atoms with Crippen LogP contribution in [0, 0.1) is 6.92 Å². The van der Waals surface area contributed by atoms with E-state index in [2.05, 4.69) is 55.5 Å². The van der Waals surface area contributed by atoms with E-state index < -0.39 is 8.07 Å². The molecule has 3 rings (SSSR count). The van der Waals surface area contributed by atoms with E-state index >= 15 is 0 Å². The van der Waals surface area contributed by atoms with Gasteiger partial charge in [-0.1, -0.05) is 67.4 Å². The summed E-state index contributed by atoms with van der Waals surface area (Å²) in [5.74, 6) is 0. The average molecular weight is 394 g/mol. The summed E-state index contributed by atoms with van der Waals surface area (Å²) in [5.41, 5.74) is 1.52.